The zero-order valence-electron chi connectivity index (χ0n) is 17.5. The molecule has 2 aromatic carbocycles. The van der Waals surface area contributed by atoms with Crippen molar-refractivity contribution in [1.29, 1.82) is 5.26 Å². The van der Waals surface area contributed by atoms with E-state index in [1.807, 2.05) is 61.7 Å². The topological polar surface area (TPSA) is 73.6 Å². The van der Waals surface area contributed by atoms with Gasteiger partial charge in [-0.25, -0.2) is 0 Å². The molecular formula is C26H24N4O. The predicted molar refractivity (Wildman–Crippen MR) is 125 cm³/mol. The van der Waals surface area contributed by atoms with Gasteiger partial charge < -0.3 is 14.9 Å². The van der Waals surface area contributed by atoms with Crippen LogP contribution in [0.1, 0.15) is 16.8 Å². The zero-order chi connectivity index (χ0) is 21.8. The van der Waals surface area contributed by atoms with Crippen LogP contribution in [0.4, 0.5) is 0 Å². The minimum absolute atomic E-state index is 0.100. The van der Waals surface area contributed by atoms with Gasteiger partial charge in [0.25, 0.3) is 5.91 Å². The molecule has 0 aliphatic carbocycles. The first kappa shape index (κ1) is 20.2. The van der Waals surface area contributed by atoms with Crippen molar-refractivity contribution in [2.45, 2.75) is 19.9 Å². The van der Waals surface area contributed by atoms with Gasteiger partial charge in [-0.1, -0.05) is 42.5 Å². The normalized spacial score (nSPS) is 11.5. The van der Waals surface area contributed by atoms with E-state index < -0.39 is 0 Å². The molecule has 154 valence electrons. The SMILES string of the molecule is C=CCn1c(C)c(/C=C(\C#N)C(=O)NCCc2c[nH]c3ccccc23)c2ccccc21. The highest BCUT2D eigenvalue weighted by Crippen LogP contribution is 2.28. The first-order chi connectivity index (χ1) is 15.1. The third-order valence-corrected chi connectivity index (χ3v) is 5.60. The van der Waals surface area contributed by atoms with E-state index in [1.165, 1.54) is 0 Å². The van der Waals surface area contributed by atoms with Gasteiger partial charge >= 0.3 is 0 Å². The quantitative estimate of drug-likeness (QED) is 0.260. The predicted octanol–water partition coefficient (Wildman–Crippen LogP) is 4.88. The van der Waals surface area contributed by atoms with E-state index >= 15 is 0 Å². The van der Waals surface area contributed by atoms with Gasteiger partial charge in [-0.15, -0.1) is 6.58 Å². The average molecular weight is 409 g/mol. The number of hydrogen-bond acceptors (Lipinski definition) is 2. The monoisotopic (exact) mass is 408 g/mol. The Morgan fingerprint density at radius 3 is 2.71 bits per heavy atom. The van der Waals surface area contributed by atoms with Gasteiger partial charge in [-0.05, 0) is 37.1 Å². The van der Waals surface area contributed by atoms with Crippen LogP contribution in [0.25, 0.3) is 27.9 Å². The molecule has 0 fully saturated rings. The summed E-state index contributed by atoms with van der Waals surface area (Å²) in [5.74, 6) is -0.359. The Hall–Kier alpha value is -4.04. The first-order valence-electron chi connectivity index (χ1n) is 10.3. The molecule has 0 unspecified atom stereocenters. The molecule has 5 heteroatoms. The smallest absolute Gasteiger partial charge is 0.261 e. The lowest BCUT2D eigenvalue weighted by Gasteiger charge is -2.05. The number of para-hydroxylation sites is 2. The van der Waals surface area contributed by atoms with Crippen LogP contribution in [0.3, 0.4) is 0 Å². The molecule has 4 aromatic rings. The Kier molecular flexibility index (Phi) is 5.72. The number of benzene rings is 2. The second-order valence-corrected chi connectivity index (χ2v) is 7.45. The maximum atomic E-state index is 12.7. The second-order valence-electron chi connectivity index (χ2n) is 7.45. The van der Waals surface area contributed by atoms with E-state index in [4.69, 9.17) is 0 Å². The van der Waals surface area contributed by atoms with E-state index in [0.717, 1.165) is 38.6 Å². The lowest BCUT2D eigenvalue weighted by atomic mass is 10.1. The Balaban J connectivity index is 1.55. The lowest BCUT2D eigenvalue weighted by molar-refractivity contribution is -0.117. The third-order valence-electron chi connectivity index (χ3n) is 5.60. The van der Waals surface area contributed by atoms with Crippen molar-refractivity contribution in [3.63, 3.8) is 0 Å². The summed E-state index contributed by atoms with van der Waals surface area (Å²) in [5, 5.41) is 14.7. The molecule has 0 atom stereocenters. The van der Waals surface area contributed by atoms with Crippen molar-refractivity contribution < 1.29 is 4.79 Å². The molecule has 4 rings (SSSR count). The largest absolute Gasteiger partial charge is 0.361 e. The van der Waals surface area contributed by atoms with Crippen molar-refractivity contribution in [2.75, 3.05) is 6.54 Å². The number of aromatic nitrogens is 2. The van der Waals surface area contributed by atoms with Crippen LogP contribution in [-0.4, -0.2) is 22.0 Å². The number of amides is 1. The Bertz CT molecular complexity index is 1350. The van der Waals surface area contributed by atoms with Crippen molar-refractivity contribution >= 4 is 33.8 Å². The van der Waals surface area contributed by atoms with E-state index in [-0.39, 0.29) is 11.5 Å². The number of carbonyl (C=O) groups excluding carboxylic acids is 1. The Morgan fingerprint density at radius 2 is 1.94 bits per heavy atom. The van der Waals surface area contributed by atoms with Crippen LogP contribution in [0, 0.1) is 18.3 Å². The molecular weight excluding hydrogens is 384 g/mol. The summed E-state index contributed by atoms with van der Waals surface area (Å²) in [7, 11) is 0. The van der Waals surface area contributed by atoms with Crippen molar-refractivity contribution in [2.24, 2.45) is 0 Å². The third kappa shape index (κ3) is 3.88. The molecule has 2 heterocycles. The number of nitriles is 1. The fourth-order valence-electron chi connectivity index (χ4n) is 4.04. The molecule has 31 heavy (non-hydrogen) atoms. The van der Waals surface area contributed by atoms with Gasteiger partial charge in [-0.3, -0.25) is 4.79 Å². The summed E-state index contributed by atoms with van der Waals surface area (Å²) in [4.78, 5) is 16.0. The number of H-pyrrole nitrogens is 1. The van der Waals surface area contributed by atoms with Gasteiger partial charge in [0.1, 0.15) is 11.6 Å². The van der Waals surface area contributed by atoms with E-state index in [0.29, 0.717) is 19.5 Å². The van der Waals surface area contributed by atoms with E-state index in [9.17, 15) is 10.1 Å². The number of aromatic amines is 1. The molecule has 0 bridgehead atoms. The molecule has 0 aliphatic heterocycles. The molecule has 1 amide bonds. The number of nitrogens with zero attached hydrogens (tertiary/aromatic N) is 2. The maximum Gasteiger partial charge on any atom is 0.261 e. The number of hydrogen-bond donors (Lipinski definition) is 2. The van der Waals surface area contributed by atoms with Gasteiger partial charge in [0.15, 0.2) is 0 Å². The van der Waals surface area contributed by atoms with E-state index in [1.54, 1.807) is 6.08 Å². The summed E-state index contributed by atoms with van der Waals surface area (Å²) in [6.45, 7) is 6.96. The Labute approximate surface area is 181 Å². The summed E-state index contributed by atoms with van der Waals surface area (Å²) in [5.41, 5.74) is 5.27. The molecule has 2 aromatic heterocycles. The van der Waals surface area contributed by atoms with Crippen molar-refractivity contribution in [1.82, 2.24) is 14.9 Å². The van der Waals surface area contributed by atoms with Crippen molar-refractivity contribution in [3.05, 3.63) is 89.8 Å². The summed E-state index contributed by atoms with van der Waals surface area (Å²) in [6, 6.07) is 18.1. The fraction of sp³-hybridized carbons (Fsp3) is 0.154. The molecule has 5 nitrogen and oxygen atoms in total. The van der Waals surface area contributed by atoms with Gasteiger partial charge in [0.2, 0.25) is 0 Å². The zero-order valence-corrected chi connectivity index (χ0v) is 17.5. The number of carbonyl (C=O) groups is 1. The Morgan fingerprint density at radius 1 is 1.19 bits per heavy atom. The minimum Gasteiger partial charge on any atom is -0.361 e. The van der Waals surface area contributed by atoms with Crippen LogP contribution in [0.15, 0.2) is 73.0 Å². The molecule has 0 saturated heterocycles. The summed E-state index contributed by atoms with van der Waals surface area (Å²) < 4.78 is 2.14. The molecule has 2 N–H and O–H groups in total. The number of rotatable bonds is 7. The van der Waals surface area contributed by atoms with Crippen LogP contribution in [-0.2, 0) is 17.8 Å². The van der Waals surface area contributed by atoms with Gasteiger partial charge in [0, 0.05) is 52.3 Å². The average Bonchev–Trinajstić information content (AvgIpc) is 3.32. The van der Waals surface area contributed by atoms with Crippen LogP contribution in [0.5, 0.6) is 0 Å². The number of nitrogens with one attached hydrogen (secondary N) is 2. The number of fused-ring (bicyclic) bond motifs is 2. The molecule has 0 radical (unpaired) electrons. The highest BCUT2D eigenvalue weighted by Gasteiger charge is 2.15. The molecule has 0 spiro atoms. The second kappa shape index (κ2) is 8.76. The van der Waals surface area contributed by atoms with E-state index in [2.05, 4.69) is 33.6 Å². The highest BCUT2D eigenvalue weighted by atomic mass is 16.1. The summed E-state index contributed by atoms with van der Waals surface area (Å²) in [6.07, 6.45) is 6.19. The standard InChI is InChI=1S/C26H24N4O/c1-3-14-30-18(2)23(22-9-5-7-11-25(22)30)15-20(16-27)26(31)28-13-12-19-17-29-24-10-6-4-8-21(19)24/h3-11,15,17,29H,1,12-14H2,2H3,(H,28,31)/b20-15+. The molecule has 0 aliphatic rings. The number of allylic oxidation sites excluding steroid dienone is 1. The van der Waals surface area contributed by atoms with Crippen LogP contribution >= 0.6 is 0 Å². The fourth-order valence-corrected chi connectivity index (χ4v) is 4.04. The highest BCUT2D eigenvalue weighted by molar-refractivity contribution is 6.04. The van der Waals surface area contributed by atoms with Crippen LogP contribution in [0.2, 0.25) is 0 Å². The summed E-state index contributed by atoms with van der Waals surface area (Å²) >= 11 is 0. The van der Waals surface area contributed by atoms with Crippen LogP contribution < -0.4 is 5.32 Å². The van der Waals surface area contributed by atoms with Crippen molar-refractivity contribution in [3.8, 4) is 6.07 Å². The minimum atomic E-state index is -0.359. The maximum absolute atomic E-state index is 12.7. The first-order valence-corrected chi connectivity index (χ1v) is 10.3. The van der Waals surface area contributed by atoms with Gasteiger partial charge in [0.05, 0.1) is 0 Å². The van der Waals surface area contributed by atoms with Gasteiger partial charge in [-0.2, -0.15) is 5.26 Å². The lowest BCUT2D eigenvalue weighted by Crippen LogP contribution is -2.26. The molecule has 0 saturated carbocycles.